The molecule has 4 aliphatic carbocycles. The number of aliphatic hydroxyl groups is 2. The highest BCUT2D eigenvalue weighted by molar-refractivity contribution is 5.66. The van der Waals surface area contributed by atoms with Crippen LogP contribution >= 0.6 is 0 Å². The van der Waals surface area contributed by atoms with E-state index in [1.54, 1.807) is 0 Å². The fourth-order valence-electron chi connectivity index (χ4n) is 9.04. The molecule has 4 heteroatoms. The Kier molecular flexibility index (Phi) is 7.17. The summed E-state index contributed by atoms with van der Waals surface area (Å²) in [5, 5.41) is 22.3. The summed E-state index contributed by atoms with van der Waals surface area (Å²) in [6.07, 6.45) is 8.72. The second kappa shape index (κ2) is 9.39. The summed E-state index contributed by atoms with van der Waals surface area (Å²) in [6, 6.07) is 0. The van der Waals surface area contributed by atoms with Crippen LogP contribution in [0.5, 0.6) is 0 Å². The Bertz CT molecular complexity index is 830. The maximum atomic E-state index is 12.0. The average molecular weight is 473 g/mol. The van der Waals surface area contributed by atoms with Gasteiger partial charge in [0.2, 0.25) is 0 Å². The first-order valence-corrected chi connectivity index (χ1v) is 13.8. The predicted octanol–water partition coefficient (Wildman–Crippen LogP) is 6.07. The van der Waals surface area contributed by atoms with Crippen LogP contribution in [0.1, 0.15) is 92.9 Å². The zero-order valence-electron chi connectivity index (χ0n) is 22.3. The molecular formula is C30H48O4. The van der Waals surface area contributed by atoms with E-state index in [4.69, 9.17) is 4.74 Å². The Balaban J connectivity index is 1.60. The first kappa shape index (κ1) is 25.9. The van der Waals surface area contributed by atoms with E-state index in [9.17, 15) is 15.0 Å². The van der Waals surface area contributed by atoms with Crippen molar-refractivity contribution in [3.05, 3.63) is 23.8 Å². The lowest BCUT2D eigenvalue weighted by Crippen LogP contribution is -2.61. The van der Waals surface area contributed by atoms with E-state index in [-0.39, 0.29) is 23.4 Å². The third-order valence-corrected chi connectivity index (χ3v) is 10.9. The molecule has 4 rings (SSSR count). The van der Waals surface area contributed by atoms with Crippen LogP contribution in [0.15, 0.2) is 23.8 Å². The van der Waals surface area contributed by atoms with Gasteiger partial charge in [0.25, 0.3) is 0 Å². The summed E-state index contributed by atoms with van der Waals surface area (Å²) in [5.41, 5.74) is 2.29. The molecule has 0 aromatic carbocycles. The number of esters is 1. The van der Waals surface area contributed by atoms with Crippen molar-refractivity contribution in [1.82, 2.24) is 0 Å². The van der Waals surface area contributed by atoms with Crippen LogP contribution in [0.2, 0.25) is 0 Å². The van der Waals surface area contributed by atoms with Gasteiger partial charge in [-0.3, -0.25) is 4.79 Å². The van der Waals surface area contributed by atoms with Crippen LogP contribution in [0.25, 0.3) is 0 Å². The number of fused-ring (bicyclic) bond motifs is 5. The van der Waals surface area contributed by atoms with Crippen molar-refractivity contribution in [2.45, 2.75) is 111 Å². The molecule has 0 spiro atoms. The Morgan fingerprint density at radius 2 is 1.94 bits per heavy atom. The topological polar surface area (TPSA) is 66.8 Å². The third kappa shape index (κ3) is 4.21. The monoisotopic (exact) mass is 472 g/mol. The van der Waals surface area contributed by atoms with Crippen LogP contribution < -0.4 is 0 Å². The maximum absolute atomic E-state index is 12.0. The first-order chi connectivity index (χ1) is 15.9. The molecule has 3 fully saturated rings. The van der Waals surface area contributed by atoms with Gasteiger partial charge in [0.1, 0.15) is 6.10 Å². The number of carbonyl (C=O) groups is 1. The Labute approximate surface area is 207 Å². The molecule has 4 aliphatic rings. The number of allylic oxidation sites excluding steroid dienone is 2. The average Bonchev–Trinajstić information content (AvgIpc) is 3.08. The highest BCUT2D eigenvalue weighted by Gasteiger charge is 2.64. The lowest BCUT2D eigenvalue weighted by Gasteiger charge is -2.61. The number of ether oxygens (including phenoxy) is 1. The number of hydrogen-bond acceptors (Lipinski definition) is 4. The molecule has 4 nitrogen and oxygen atoms in total. The Hall–Kier alpha value is -1.13. The minimum atomic E-state index is -0.483. The molecule has 0 aromatic heterocycles. The number of rotatable bonds is 6. The molecule has 10 atom stereocenters. The summed E-state index contributed by atoms with van der Waals surface area (Å²) < 4.78 is 5.84. The lowest BCUT2D eigenvalue weighted by molar-refractivity contribution is -0.182. The molecule has 3 saturated carbocycles. The molecule has 192 valence electrons. The van der Waals surface area contributed by atoms with Crippen LogP contribution in [0.3, 0.4) is 0 Å². The second-order valence-corrected chi connectivity index (χ2v) is 13.0. The zero-order valence-corrected chi connectivity index (χ0v) is 22.3. The van der Waals surface area contributed by atoms with Crippen molar-refractivity contribution in [1.29, 1.82) is 0 Å². The maximum Gasteiger partial charge on any atom is 0.302 e. The normalized spacial score (nSPS) is 44.5. The van der Waals surface area contributed by atoms with Crippen molar-refractivity contribution >= 4 is 5.97 Å². The van der Waals surface area contributed by atoms with Crippen molar-refractivity contribution < 1.29 is 19.7 Å². The fourth-order valence-corrected chi connectivity index (χ4v) is 9.04. The summed E-state index contributed by atoms with van der Waals surface area (Å²) in [6.45, 7) is 17.3. The largest absolute Gasteiger partial charge is 0.462 e. The molecule has 34 heavy (non-hydrogen) atoms. The summed E-state index contributed by atoms with van der Waals surface area (Å²) in [4.78, 5) is 12.0. The number of carbonyl (C=O) groups excluding carboxylic acids is 1. The van der Waals surface area contributed by atoms with Crippen LogP contribution in [-0.2, 0) is 9.53 Å². The fraction of sp³-hybridized carbons (Fsp3) is 0.833. The van der Waals surface area contributed by atoms with Gasteiger partial charge in [-0.2, -0.15) is 0 Å². The van der Waals surface area contributed by atoms with E-state index in [0.717, 1.165) is 19.3 Å². The van der Waals surface area contributed by atoms with Crippen molar-refractivity contribution in [3.8, 4) is 0 Å². The molecule has 0 radical (unpaired) electrons. The zero-order chi connectivity index (χ0) is 25.0. The van der Waals surface area contributed by atoms with Crippen molar-refractivity contribution in [3.63, 3.8) is 0 Å². The standard InChI is InChI=1S/C30H48O4/c1-17(2)18(3)8-9-19(4)24-12-13-25-23-11-10-21-14-22(32)15-27(34-20(5)31)30(21,7)28(23)26(33)16-29(24,25)6/h10,17,19,22-28,32-33H,3,8-9,11-16H2,1-2,4-7H3. The quantitative estimate of drug-likeness (QED) is 0.364. The molecule has 0 saturated heterocycles. The molecule has 10 unspecified atom stereocenters. The summed E-state index contributed by atoms with van der Waals surface area (Å²) >= 11 is 0. The van der Waals surface area contributed by atoms with Crippen LogP contribution in [0.4, 0.5) is 0 Å². The van der Waals surface area contributed by atoms with E-state index in [0.29, 0.717) is 42.4 Å². The smallest absolute Gasteiger partial charge is 0.302 e. The second-order valence-electron chi connectivity index (χ2n) is 13.0. The van der Waals surface area contributed by atoms with Gasteiger partial charge in [0, 0.05) is 24.7 Å². The van der Waals surface area contributed by atoms with E-state index < -0.39 is 17.6 Å². The highest BCUT2D eigenvalue weighted by atomic mass is 16.5. The van der Waals surface area contributed by atoms with Gasteiger partial charge in [-0.25, -0.2) is 0 Å². The molecule has 0 aliphatic heterocycles. The predicted molar refractivity (Wildman–Crippen MR) is 136 cm³/mol. The number of aliphatic hydroxyl groups excluding tert-OH is 2. The Morgan fingerprint density at radius 1 is 1.24 bits per heavy atom. The van der Waals surface area contributed by atoms with E-state index >= 15 is 0 Å². The summed E-state index contributed by atoms with van der Waals surface area (Å²) in [5.74, 6) is 2.56. The lowest BCUT2D eigenvalue weighted by atomic mass is 9.45. The SMILES string of the molecule is C=C(CCC(C)C1CCC2C3CC=C4CC(O)CC(OC(C)=O)C4(C)C3C(O)CC12C)C(C)C. The molecule has 0 aromatic rings. The first-order valence-electron chi connectivity index (χ1n) is 13.8. The molecule has 0 bridgehead atoms. The highest BCUT2D eigenvalue weighted by Crippen LogP contribution is 2.67. The van der Waals surface area contributed by atoms with Gasteiger partial charge >= 0.3 is 5.97 Å². The van der Waals surface area contributed by atoms with Gasteiger partial charge in [0.05, 0.1) is 12.2 Å². The van der Waals surface area contributed by atoms with E-state index in [1.807, 2.05) is 0 Å². The van der Waals surface area contributed by atoms with Gasteiger partial charge in [-0.05, 0) is 80.0 Å². The van der Waals surface area contributed by atoms with Gasteiger partial charge in [-0.1, -0.05) is 58.4 Å². The molecule has 2 N–H and O–H groups in total. The van der Waals surface area contributed by atoms with Gasteiger partial charge in [-0.15, -0.1) is 0 Å². The van der Waals surface area contributed by atoms with Crippen LogP contribution in [0, 0.1) is 46.3 Å². The van der Waals surface area contributed by atoms with E-state index in [1.165, 1.54) is 37.3 Å². The molecular weight excluding hydrogens is 424 g/mol. The van der Waals surface area contributed by atoms with Crippen LogP contribution in [-0.4, -0.2) is 34.5 Å². The minimum absolute atomic E-state index is 0.0807. The van der Waals surface area contributed by atoms with E-state index in [2.05, 4.69) is 47.3 Å². The Morgan fingerprint density at radius 3 is 2.59 bits per heavy atom. The molecule has 0 amide bonds. The molecule has 0 heterocycles. The van der Waals surface area contributed by atoms with Crippen molar-refractivity contribution in [2.75, 3.05) is 0 Å². The van der Waals surface area contributed by atoms with Gasteiger partial charge in [0.15, 0.2) is 0 Å². The third-order valence-electron chi connectivity index (χ3n) is 10.9. The minimum Gasteiger partial charge on any atom is -0.462 e. The number of hydrogen-bond donors (Lipinski definition) is 2. The van der Waals surface area contributed by atoms with Gasteiger partial charge < -0.3 is 14.9 Å². The summed E-state index contributed by atoms with van der Waals surface area (Å²) in [7, 11) is 0. The van der Waals surface area contributed by atoms with Crippen molar-refractivity contribution in [2.24, 2.45) is 46.3 Å².